The topological polar surface area (TPSA) is 78.9 Å². The number of carbonyl (C=O) groups is 3. The lowest BCUT2D eigenvalue weighted by molar-refractivity contribution is -0.167. The molecular formula is C75H144O6. The molecule has 81 heavy (non-hydrogen) atoms. The lowest BCUT2D eigenvalue weighted by atomic mass is 10.0. The molecule has 1 unspecified atom stereocenters. The van der Waals surface area contributed by atoms with Gasteiger partial charge < -0.3 is 14.2 Å². The van der Waals surface area contributed by atoms with E-state index in [2.05, 4.69) is 32.9 Å². The van der Waals surface area contributed by atoms with Crippen LogP contribution in [0.3, 0.4) is 0 Å². The summed E-state index contributed by atoms with van der Waals surface area (Å²) in [7, 11) is 0. The smallest absolute Gasteiger partial charge is 0.306 e. The van der Waals surface area contributed by atoms with Crippen LogP contribution < -0.4 is 0 Å². The second-order valence-electron chi connectivity index (χ2n) is 25.6. The van der Waals surface area contributed by atoms with Crippen LogP contribution in [0.25, 0.3) is 0 Å². The average Bonchev–Trinajstić information content (AvgIpc) is 3.47. The molecule has 0 rings (SSSR count). The van der Waals surface area contributed by atoms with Crippen molar-refractivity contribution in [2.75, 3.05) is 13.2 Å². The van der Waals surface area contributed by atoms with Crippen molar-refractivity contribution in [3.05, 3.63) is 12.2 Å². The summed E-state index contributed by atoms with van der Waals surface area (Å²) < 4.78 is 17.0. The highest BCUT2D eigenvalue weighted by Crippen LogP contribution is 2.20. The van der Waals surface area contributed by atoms with Crippen LogP contribution >= 0.6 is 0 Å². The van der Waals surface area contributed by atoms with Gasteiger partial charge in [-0.15, -0.1) is 0 Å². The van der Waals surface area contributed by atoms with E-state index in [0.29, 0.717) is 19.3 Å². The summed E-state index contributed by atoms with van der Waals surface area (Å²) in [5.41, 5.74) is 0. The Kier molecular flexibility index (Phi) is 69.0. The molecule has 0 aliphatic carbocycles. The second-order valence-corrected chi connectivity index (χ2v) is 25.6. The van der Waals surface area contributed by atoms with Gasteiger partial charge in [0.25, 0.3) is 0 Å². The summed E-state index contributed by atoms with van der Waals surface area (Å²) in [5.74, 6) is -0.836. The maximum atomic E-state index is 13.0. The molecule has 0 aliphatic heterocycles. The van der Waals surface area contributed by atoms with E-state index >= 15 is 0 Å². The molecule has 0 aromatic carbocycles. The maximum absolute atomic E-state index is 13.0. The highest BCUT2D eigenvalue weighted by atomic mass is 16.6. The van der Waals surface area contributed by atoms with Gasteiger partial charge in [-0.25, -0.2) is 0 Å². The average molecular weight is 1140 g/mol. The fraction of sp³-hybridized carbons (Fsp3) is 0.933. The molecule has 0 bridgehead atoms. The van der Waals surface area contributed by atoms with Gasteiger partial charge in [-0.2, -0.15) is 0 Å². The Bertz CT molecular complexity index is 1260. The van der Waals surface area contributed by atoms with Crippen LogP contribution in [0.4, 0.5) is 0 Å². The molecule has 0 heterocycles. The third-order valence-electron chi connectivity index (χ3n) is 17.3. The minimum absolute atomic E-state index is 0.0655. The van der Waals surface area contributed by atoms with E-state index in [4.69, 9.17) is 14.2 Å². The molecule has 6 heteroatoms. The standard InChI is InChI=1S/C75H144O6/c1-4-7-10-13-16-19-22-25-28-30-32-34-36-37-38-39-40-42-43-45-47-50-53-56-59-62-65-68-74(77)80-71-72(70-79-73(76)67-64-61-58-55-52-49-27-24-21-18-15-12-9-6-3)81-75(78)69-66-63-60-57-54-51-48-46-44-41-35-33-31-29-26-23-20-17-14-11-8-5-2/h24,27,72H,4-23,25-26,28-71H2,1-3H3/b27-24-. The molecule has 0 spiro atoms. The Morgan fingerprint density at radius 3 is 0.617 bits per heavy atom. The minimum atomic E-state index is -0.770. The van der Waals surface area contributed by atoms with E-state index in [1.165, 1.54) is 327 Å². The molecule has 0 fully saturated rings. The first-order chi connectivity index (χ1) is 40.0. The van der Waals surface area contributed by atoms with E-state index in [0.717, 1.165) is 64.2 Å². The minimum Gasteiger partial charge on any atom is -0.462 e. The van der Waals surface area contributed by atoms with Crippen LogP contribution in [0.2, 0.25) is 0 Å². The van der Waals surface area contributed by atoms with E-state index in [-0.39, 0.29) is 31.1 Å². The number of hydrogen-bond donors (Lipinski definition) is 0. The highest BCUT2D eigenvalue weighted by Gasteiger charge is 2.20. The molecule has 0 aromatic rings. The summed E-state index contributed by atoms with van der Waals surface area (Å²) in [6.07, 6.45) is 85.5. The number of unbranched alkanes of at least 4 members (excludes halogenated alkanes) is 57. The molecule has 0 N–H and O–H groups in total. The summed E-state index contributed by atoms with van der Waals surface area (Å²) in [6.45, 7) is 6.72. The SMILES string of the molecule is CCCCCCC/C=C\CCCCCCCC(=O)OCC(COC(=O)CCCCCCCCCCCCCCCCCCCCCCCCCCCCC)OC(=O)CCCCCCCCCCCCCCCCCCCCCCCC. The van der Waals surface area contributed by atoms with Gasteiger partial charge in [0.15, 0.2) is 6.10 Å². The Hall–Kier alpha value is -1.85. The molecule has 0 saturated carbocycles. The number of rotatable bonds is 70. The highest BCUT2D eigenvalue weighted by molar-refractivity contribution is 5.71. The molecule has 0 radical (unpaired) electrons. The van der Waals surface area contributed by atoms with Crippen molar-refractivity contribution in [2.24, 2.45) is 0 Å². The predicted octanol–water partition coefficient (Wildman–Crippen LogP) is 25.6. The molecule has 0 amide bonds. The van der Waals surface area contributed by atoms with Gasteiger partial charge in [0.1, 0.15) is 13.2 Å². The molecule has 0 aliphatic rings. The fourth-order valence-corrected chi connectivity index (χ4v) is 11.7. The number of allylic oxidation sites excluding steroid dienone is 2. The number of esters is 3. The van der Waals surface area contributed by atoms with Gasteiger partial charge in [-0.05, 0) is 44.9 Å². The number of ether oxygens (including phenoxy) is 3. The van der Waals surface area contributed by atoms with E-state index in [1.807, 2.05) is 0 Å². The summed E-state index contributed by atoms with van der Waals surface area (Å²) in [4.78, 5) is 38.5. The molecule has 1 atom stereocenters. The summed E-state index contributed by atoms with van der Waals surface area (Å²) in [5, 5.41) is 0. The first-order valence-corrected chi connectivity index (χ1v) is 37.2. The third-order valence-corrected chi connectivity index (χ3v) is 17.3. The normalized spacial score (nSPS) is 12.0. The number of carbonyl (C=O) groups excluding carboxylic acids is 3. The van der Waals surface area contributed by atoms with Gasteiger partial charge in [-0.1, -0.05) is 380 Å². The number of hydrogen-bond acceptors (Lipinski definition) is 6. The van der Waals surface area contributed by atoms with Crippen molar-refractivity contribution in [1.29, 1.82) is 0 Å². The van der Waals surface area contributed by atoms with Crippen LogP contribution in [0.1, 0.15) is 432 Å². The van der Waals surface area contributed by atoms with Crippen molar-refractivity contribution >= 4 is 17.9 Å². The first-order valence-electron chi connectivity index (χ1n) is 37.2. The third kappa shape index (κ3) is 68.8. The lowest BCUT2D eigenvalue weighted by Gasteiger charge is -2.18. The summed E-state index contributed by atoms with van der Waals surface area (Å²) >= 11 is 0. The van der Waals surface area contributed by atoms with Crippen LogP contribution in [-0.4, -0.2) is 37.2 Å². The summed E-state index contributed by atoms with van der Waals surface area (Å²) in [6, 6.07) is 0. The molecule has 0 saturated heterocycles. The monoisotopic (exact) mass is 1140 g/mol. The van der Waals surface area contributed by atoms with Crippen LogP contribution in [0.15, 0.2) is 12.2 Å². The molecule has 0 aromatic heterocycles. The molecule has 480 valence electrons. The Morgan fingerprint density at radius 2 is 0.407 bits per heavy atom. The van der Waals surface area contributed by atoms with Crippen LogP contribution in [-0.2, 0) is 28.6 Å². The van der Waals surface area contributed by atoms with Gasteiger partial charge in [0, 0.05) is 19.3 Å². The largest absolute Gasteiger partial charge is 0.462 e. The lowest BCUT2D eigenvalue weighted by Crippen LogP contribution is -2.30. The van der Waals surface area contributed by atoms with E-state index in [9.17, 15) is 14.4 Å². The Morgan fingerprint density at radius 1 is 0.235 bits per heavy atom. The van der Waals surface area contributed by atoms with Crippen LogP contribution in [0, 0.1) is 0 Å². The maximum Gasteiger partial charge on any atom is 0.306 e. The zero-order valence-corrected chi connectivity index (χ0v) is 55.4. The Balaban J connectivity index is 4.19. The molecule has 6 nitrogen and oxygen atoms in total. The first kappa shape index (κ1) is 79.2. The Labute approximate surface area is 507 Å². The van der Waals surface area contributed by atoms with E-state index in [1.54, 1.807) is 0 Å². The van der Waals surface area contributed by atoms with E-state index < -0.39 is 6.10 Å². The van der Waals surface area contributed by atoms with Crippen molar-refractivity contribution in [1.82, 2.24) is 0 Å². The molecular weight excluding hydrogens is 997 g/mol. The zero-order valence-electron chi connectivity index (χ0n) is 55.4. The van der Waals surface area contributed by atoms with Crippen molar-refractivity contribution in [3.8, 4) is 0 Å². The van der Waals surface area contributed by atoms with Crippen LogP contribution in [0.5, 0.6) is 0 Å². The zero-order chi connectivity index (χ0) is 58.5. The second kappa shape index (κ2) is 70.6. The van der Waals surface area contributed by atoms with Gasteiger partial charge in [0.05, 0.1) is 0 Å². The quantitative estimate of drug-likeness (QED) is 0.0261. The van der Waals surface area contributed by atoms with Gasteiger partial charge in [-0.3, -0.25) is 14.4 Å². The van der Waals surface area contributed by atoms with Gasteiger partial charge >= 0.3 is 17.9 Å². The fourth-order valence-electron chi connectivity index (χ4n) is 11.7. The van der Waals surface area contributed by atoms with Crippen molar-refractivity contribution in [3.63, 3.8) is 0 Å². The van der Waals surface area contributed by atoms with Crippen molar-refractivity contribution < 1.29 is 28.6 Å². The van der Waals surface area contributed by atoms with Crippen molar-refractivity contribution in [2.45, 2.75) is 438 Å². The predicted molar refractivity (Wildman–Crippen MR) is 353 cm³/mol. The van der Waals surface area contributed by atoms with Gasteiger partial charge in [0.2, 0.25) is 0 Å².